The van der Waals surface area contributed by atoms with Gasteiger partial charge in [0.2, 0.25) is 0 Å². The lowest BCUT2D eigenvalue weighted by Crippen LogP contribution is -2.41. The molecule has 170 valence electrons. The minimum atomic E-state index is -0.390. The van der Waals surface area contributed by atoms with E-state index in [1.807, 2.05) is 11.3 Å². The van der Waals surface area contributed by atoms with E-state index < -0.39 is 0 Å². The van der Waals surface area contributed by atoms with E-state index in [1.54, 1.807) is 0 Å². The molecule has 0 amide bonds. The molecule has 0 saturated carbocycles. The van der Waals surface area contributed by atoms with E-state index in [-0.39, 0.29) is 30.5 Å². The van der Waals surface area contributed by atoms with E-state index in [0.717, 1.165) is 11.0 Å². The summed E-state index contributed by atoms with van der Waals surface area (Å²) in [6, 6.07) is 17.9. The summed E-state index contributed by atoms with van der Waals surface area (Å²) >= 11 is 1.89. The molecule has 7 rings (SSSR count). The summed E-state index contributed by atoms with van der Waals surface area (Å²) in [4.78, 5) is 0. The van der Waals surface area contributed by atoms with Crippen molar-refractivity contribution in [2.45, 2.75) is 58.0 Å². The number of fused-ring (bicyclic) bond motifs is 8. The standard InChI is InChI=1S/C29H27BO3S/c1-16-12-17(18-8-6-7-9-23(18)30-32-28(2,3)29(4,5)33-30)13-22-21-14-19-20(15-26(21)34-27(16)22)25-11-10-24(19)31-25/h6-15,24-25H,1-5H3. The van der Waals surface area contributed by atoms with Gasteiger partial charge in [-0.05, 0) is 86.1 Å². The first-order chi connectivity index (χ1) is 16.2. The van der Waals surface area contributed by atoms with Gasteiger partial charge in [-0.3, -0.25) is 0 Å². The Morgan fingerprint density at radius 2 is 1.50 bits per heavy atom. The maximum Gasteiger partial charge on any atom is 0.495 e. The molecule has 2 bridgehead atoms. The molecule has 4 aromatic rings. The first kappa shape index (κ1) is 20.9. The van der Waals surface area contributed by atoms with Gasteiger partial charge < -0.3 is 14.0 Å². The first-order valence-corrected chi connectivity index (χ1v) is 12.8. The van der Waals surface area contributed by atoms with E-state index in [9.17, 15) is 0 Å². The smallest absolute Gasteiger partial charge is 0.399 e. The molecule has 0 aliphatic carbocycles. The Kier molecular flexibility index (Phi) is 4.19. The van der Waals surface area contributed by atoms with Gasteiger partial charge in [0.15, 0.2) is 0 Å². The van der Waals surface area contributed by atoms with Crippen LogP contribution in [0.1, 0.15) is 56.6 Å². The van der Waals surface area contributed by atoms with Crippen LogP contribution in [-0.4, -0.2) is 18.3 Å². The lowest BCUT2D eigenvalue weighted by Gasteiger charge is -2.32. The lowest BCUT2D eigenvalue weighted by molar-refractivity contribution is 0.00578. The van der Waals surface area contributed by atoms with Gasteiger partial charge in [0, 0.05) is 20.2 Å². The van der Waals surface area contributed by atoms with Gasteiger partial charge in [0.1, 0.15) is 12.2 Å². The summed E-state index contributed by atoms with van der Waals surface area (Å²) in [6.45, 7) is 10.6. The van der Waals surface area contributed by atoms with Crippen molar-refractivity contribution in [2.75, 3.05) is 0 Å². The van der Waals surface area contributed by atoms with Crippen LogP contribution in [-0.2, 0) is 14.0 Å². The number of rotatable bonds is 2. The van der Waals surface area contributed by atoms with Crippen LogP contribution in [0.4, 0.5) is 0 Å². The fraction of sp³-hybridized carbons (Fsp3) is 0.310. The second-order valence-corrected chi connectivity index (χ2v) is 11.8. The third kappa shape index (κ3) is 2.82. The van der Waals surface area contributed by atoms with Gasteiger partial charge >= 0.3 is 7.12 Å². The number of hydrogen-bond acceptors (Lipinski definition) is 4. The predicted octanol–water partition coefficient (Wildman–Crippen LogP) is 7.01. The van der Waals surface area contributed by atoms with Crippen molar-refractivity contribution in [3.05, 3.63) is 77.4 Å². The predicted molar refractivity (Wildman–Crippen MR) is 141 cm³/mol. The van der Waals surface area contributed by atoms with Crippen LogP contribution in [0.2, 0.25) is 0 Å². The molecule has 0 spiro atoms. The Morgan fingerprint density at radius 1 is 0.824 bits per heavy atom. The maximum absolute atomic E-state index is 6.42. The van der Waals surface area contributed by atoms with Crippen molar-refractivity contribution in [1.82, 2.24) is 0 Å². The quantitative estimate of drug-likeness (QED) is 0.235. The molecule has 5 heteroatoms. The molecule has 2 unspecified atom stereocenters. The van der Waals surface area contributed by atoms with Gasteiger partial charge in [-0.25, -0.2) is 0 Å². The van der Waals surface area contributed by atoms with Crippen LogP contribution in [0, 0.1) is 6.92 Å². The van der Waals surface area contributed by atoms with Crippen molar-refractivity contribution in [3.8, 4) is 11.1 Å². The van der Waals surface area contributed by atoms with Gasteiger partial charge in [-0.1, -0.05) is 42.5 Å². The highest BCUT2D eigenvalue weighted by Gasteiger charge is 2.52. The highest BCUT2D eigenvalue weighted by Crippen LogP contribution is 2.49. The molecular formula is C29H27BO3S. The molecule has 3 aliphatic rings. The molecule has 0 radical (unpaired) electrons. The Hall–Kier alpha value is -2.44. The Bertz CT molecular complexity index is 1510. The van der Waals surface area contributed by atoms with Crippen LogP contribution in [0.15, 0.2) is 60.7 Å². The molecule has 1 saturated heterocycles. The second-order valence-electron chi connectivity index (χ2n) is 10.8. The van der Waals surface area contributed by atoms with Crippen molar-refractivity contribution >= 4 is 44.1 Å². The average Bonchev–Trinajstić information content (AvgIpc) is 3.54. The van der Waals surface area contributed by atoms with Gasteiger partial charge in [-0.2, -0.15) is 0 Å². The van der Waals surface area contributed by atoms with Gasteiger partial charge in [0.25, 0.3) is 0 Å². The fourth-order valence-corrected chi connectivity index (χ4v) is 6.70. The monoisotopic (exact) mass is 466 g/mol. The number of hydrogen-bond donors (Lipinski definition) is 0. The van der Waals surface area contributed by atoms with Gasteiger partial charge in [-0.15, -0.1) is 11.3 Å². The number of thiophene rings is 1. The molecule has 3 aromatic carbocycles. The van der Waals surface area contributed by atoms with Crippen LogP contribution >= 0.6 is 11.3 Å². The minimum absolute atomic E-state index is 0.104. The van der Waals surface area contributed by atoms with E-state index in [0.29, 0.717) is 0 Å². The summed E-state index contributed by atoms with van der Waals surface area (Å²) in [5.41, 5.74) is 6.65. The van der Waals surface area contributed by atoms with Crippen LogP contribution < -0.4 is 5.46 Å². The van der Waals surface area contributed by atoms with Crippen LogP contribution in [0.5, 0.6) is 0 Å². The molecule has 3 nitrogen and oxygen atoms in total. The summed E-state index contributed by atoms with van der Waals surface area (Å²) in [7, 11) is -0.390. The van der Waals surface area contributed by atoms with E-state index in [2.05, 4.69) is 95.3 Å². The summed E-state index contributed by atoms with van der Waals surface area (Å²) < 4.78 is 21.6. The molecule has 1 aromatic heterocycles. The molecule has 1 fully saturated rings. The molecule has 0 N–H and O–H groups in total. The fourth-order valence-electron chi connectivity index (χ4n) is 5.51. The highest BCUT2D eigenvalue weighted by molar-refractivity contribution is 7.26. The van der Waals surface area contributed by atoms with Crippen molar-refractivity contribution < 1.29 is 14.0 Å². The van der Waals surface area contributed by atoms with E-state index in [1.165, 1.54) is 42.4 Å². The zero-order valence-corrected chi connectivity index (χ0v) is 21.0. The lowest BCUT2D eigenvalue weighted by atomic mass is 9.74. The largest absolute Gasteiger partial charge is 0.495 e. The van der Waals surface area contributed by atoms with Crippen molar-refractivity contribution in [2.24, 2.45) is 0 Å². The van der Waals surface area contributed by atoms with Crippen molar-refractivity contribution in [3.63, 3.8) is 0 Å². The molecule has 3 aliphatic heterocycles. The first-order valence-electron chi connectivity index (χ1n) is 12.0. The molecule has 2 atom stereocenters. The van der Waals surface area contributed by atoms with Crippen LogP contribution in [0.25, 0.3) is 31.3 Å². The number of benzene rings is 3. The normalized spacial score (nSPS) is 24.0. The minimum Gasteiger partial charge on any atom is -0.399 e. The average molecular weight is 466 g/mol. The second kappa shape index (κ2) is 6.83. The third-order valence-electron chi connectivity index (χ3n) is 8.11. The third-order valence-corrected chi connectivity index (χ3v) is 9.41. The van der Waals surface area contributed by atoms with Crippen LogP contribution in [0.3, 0.4) is 0 Å². The Balaban J connectivity index is 1.39. The molecule has 4 heterocycles. The zero-order valence-electron chi connectivity index (χ0n) is 20.1. The Labute approximate surface area is 204 Å². The van der Waals surface area contributed by atoms with Gasteiger partial charge in [0.05, 0.1) is 11.2 Å². The van der Waals surface area contributed by atoms with Crippen molar-refractivity contribution in [1.29, 1.82) is 0 Å². The highest BCUT2D eigenvalue weighted by atomic mass is 32.1. The summed E-state index contributed by atoms with van der Waals surface area (Å²) in [5.74, 6) is 0. The molecular weight excluding hydrogens is 439 g/mol. The maximum atomic E-state index is 6.42. The van der Waals surface area contributed by atoms with E-state index in [4.69, 9.17) is 14.0 Å². The molecule has 34 heavy (non-hydrogen) atoms. The summed E-state index contributed by atoms with van der Waals surface area (Å²) in [5, 5.41) is 2.63. The SMILES string of the molecule is Cc1cc(-c2ccccc2B2OC(C)(C)C(C)(C)O2)cc2c1sc1cc3c(cc12)C1C=CC3O1. The topological polar surface area (TPSA) is 27.7 Å². The van der Waals surface area contributed by atoms with E-state index >= 15 is 0 Å². The number of ether oxygens (including phenoxy) is 1. The Morgan fingerprint density at radius 3 is 2.24 bits per heavy atom. The zero-order chi connectivity index (χ0) is 23.4. The number of aryl methyl sites for hydroxylation is 1. The summed E-state index contributed by atoms with van der Waals surface area (Å²) in [6.07, 6.45) is 4.60.